The molecule has 0 aliphatic heterocycles. The van der Waals surface area contributed by atoms with Gasteiger partial charge in [-0.1, -0.05) is 11.8 Å². The highest BCUT2D eigenvalue weighted by molar-refractivity contribution is 7.99. The van der Waals surface area contributed by atoms with Crippen LogP contribution in [-0.4, -0.2) is 21.3 Å². The number of rotatable bonds is 3. The van der Waals surface area contributed by atoms with E-state index in [-0.39, 0.29) is 15.5 Å². The average Bonchev–Trinajstić information content (AvgIpc) is 2.45. The number of carboxylic acid groups (broad SMARTS) is 1. The van der Waals surface area contributed by atoms with Gasteiger partial charge in [0.2, 0.25) is 0 Å². The molecule has 0 bridgehead atoms. The van der Waals surface area contributed by atoms with Crippen molar-refractivity contribution < 1.29 is 14.3 Å². The lowest BCUT2D eigenvalue weighted by molar-refractivity contribution is 0.0696. The Hall–Kier alpha value is -2.46. The summed E-state index contributed by atoms with van der Waals surface area (Å²) in [4.78, 5) is 11.0. The molecule has 5 nitrogen and oxygen atoms in total. The molecule has 106 valence electrons. The summed E-state index contributed by atoms with van der Waals surface area (Å²) < 4.78 is 13.8. The van der Waals surface area contributed by atoms with Crippen molar-refractivity contribution in [2.75, 3.05) is 0 Å². The van der Waals surface area contributed by atoms with E-state index in [0.717, 1.165) is 17.8 Å². The molecule has 2 aromatic rings. The van der Waals surface area contributed by atoms with Crippen LogP contribution in [0.5, 0.6) is 0 Å². The Kier molecular flexibility index (Phi) is 4.19. The number of nitriles is 1. The van der Waals surface area contributed by atoms with E-state index in [4.69, 9.17) is 5.11 Å². The third-order valence-electron chi connectivity index (χ3n) is 2.92. The lowest BCUT2D eigenvalue weighted by atomic mass is 10.1. The first kappa shape index (κ1) is 14.9. The molecule has 7 heteroatoms. The topological polar surface area (TPSA) is 86.9 Å². The molecule has 0 aliphatic carbocycles. The number of benzene rings is 1. The summed E-state index contributed by atoms with van der Waals surface area (Å²) in [5.41, 5.74) is 1.57. The largest absolute Gasteiger partial charge is 0.478 e. The molecule has 1 aromatic heterocycles. The predicted molar refractivity (Wildman–Crippen MR) is 73.7 cm³/mol. The van der Waals surface area contributed by atoms with Gasteiger partial charge in [0.25, 0.3) is 0 Å². The van der Waals surface area contributed by atoms with Gasteiger partial charge >= 0.3 is 5.97 Å². The molecule has 1 aromatic carbocycles. The summed E-state index contributed by atoms with van der Waals surface area (Å²) in [6.07, 6.45) is 0. The van der Waals surface area contributed by atoms with Crippen molar-refractivity contribution in [3.05, 3.63) is 46.4 Å². The average molecular weight is 303 g/mol. The van der Waals surface area contributed by atoms with Gasteiger partial charge in [-0.2, -0.15) is 10.4 Å². The Labute approximate surface area is 124 Å². The van der Waals surface area contributed by atoms with Gasteiger partial charge < -0.3 is 5.11 Å². The monoisotopic (exact) mass is 303 g/mol. The number of hydrogen-bond donors (Lipinski definition) is 1. The van der Waals surface area contributed by atoms with Gasteiger partial charge in [-0.25, -0.2) is 9.18 Å². The first-order chi connectivity index (χ1) is 9.93. The van der Waals surface area contributed by atoms with Crippen LogP contribution in [0.4, 0.5) is 4.39 Å². The van der Waals surface area contributed by atoms with Crippen molar-refractivity contribution in [1.82, 2.24) is 10.2 Å². The van der Waals surface area contributed by atoms with E-state index in [1.54, 1.807) is 13.8 Å². The van der Waals surface area contributed by atoms with Crippen LogP contribution in [0.3, 0.4) is 0 Å². The highest BCUT2D eigenvalue weighted by atomic mass is 32.2. The van der Waals surface area contributed by atoms with Gasteiger partial charge in [0.1, 0.15) is 16.9 Å². The third-order valence-corrected chi connectivity index (χ3v) is 3.93. The van der Waals surface area contributed by atoms with E-state index < -0.39 is 11.8 Å². The summed E-state index contributed by atoms with van der Waals surface area (Å²) in [7, 11) is 0. The molecule has 0 atom stereocenters. The van der Waals surface area contributed by atoms with E-state index in [1.165, 1.54) is 12.1 Å². The molecule has 0 radical (unpaired) electrons. The molecule has 21 heavy (non-hydrogen) atoms. The number of carboxylic acids is 1. The number of carbonyl (C=O) groups is 1. The van der Waals surface area contributed by atoms with Crippen LogP contribution >= 0.6 is 11.8 Å². The molecule has 1 heterocycles. The Balaban J connectivity index is 2.48. The number of hydrogen-bond acceptors (Lipinski definition) is 5. The molecule has 1 N–H and O–H groups in total. The quantitative estimate of drug-likeness (QED) is 0.938. The fraction of sp³-hybridized carbons (Fsp3) is 0.143. The molecule has 0 saturated carbocycles. The fourth-order valence-electron chi connectivity index (χ4n) is 1.61. The zero-order valence-corrected chi connectivity index (χ0v) is 12.0. The fourth-order valence-corrected chi connectivity index (χ4v) is 2.55. The maximum absolute atomic E-state index is 13.8. The maximum Gasteiger partial charge on any atom is 0.335 e. The van der Waals surface area contributed by atoms with E-state index in [1.807, 2.05) is 6.07 Å². The van der Waals surface area contributed by atoms with E-state index in [9.17, 15) is 14.4 Å². The minimum absolute atomic E-state index is 0.0331. The first-order valence-electron chi connectivity index (χ1n) is 5.88. The van der Waals surface area contributed by atoms with Crippen molar-refractivity contribution in [2.24, 2.45) is 0 Å². The molecular formula is C14H10FN3O2S. The second-order valence-electron chi connectivity index (χ2n) is 4.25. The molecule has 0 aliphatic rings. The maximum atomic E-state index is 13.8. The lowest BCUT2D eigenvalue weighted by Crippen LogP contribution is -2.00. The number of halogens is 1. The number of aryl methyl sites for hydroxylation is 1. The second kappa shape index (κ2) is 5.89. The lowest BCUT2D eigenvalue weighted by Gasteiger charge is -2.07. The van der Waals surface area contributed by atoms with E-state index in [0.29, 0.717) is 16.8 Å². The van der Waals surface area contributed by atoms with Crippen LogP contribution in [0.1, 0.15) is 27.2 Å². The van der Waals surface area contributed by atoms with Crippen LogP contribution in [0, 0.1) is 31.0 Å². The standard InChI is InChI=1S/C14H10FN3O2S/c1-7-8(2)17-18-13(10(7)6-16)21-12-5-9(14(19)20)3-4-11(12)15/h3-5H,1-2H3,(H,19,20). The molecule has 0 saturated heterocycles. The van der Waals surface area contributed by atoms with Crippen LogP contribution in [0.15, 0.2) is 28.1 Å². The summed E-state index contributed by atoms with van der Waals surface area (Å²) in [5, 5.41) is 26.2. The normalized spacial score (nSPS) is 10.2. The van der Waals surface area contributed by atoms with Crippen molar-refractivity contribution in [2.45, 2.75) is 23.8 Å². The molecule has 0 unspecified atom stereocenters. The van der Waals surface area contributed by atoms with Crippen molar-refractivity contribution in [1.29, 1.82) is 5.26 Å². The molecule has 0 amide bonds. The van der Waals surface area contributed by atoms with Gasteiger partial charge in [0, 0.05) is 0 Å². The zero-order chi connectivity index (χ0) is 15.6. The Morgan fingerprint density at radius 1 is 1.38 bits per heavy atom. The number of aromatic carboxylic acids is 1. The van der Waals surface area contributed by atoms with Gasteiger partial charge in [0.05, 0.1) is 21.7 Å². The highest BCUT2D eigenvalue weighted by Crippen LogP contribution is 2.32. The number of aromatic nitrogens is 2. The summed E-state index contributed by atoms with van der Waals surface area (Å²) in [6.45, 7) is 3.46. The van der Waals surface area contributed by atoms with E-state index in [2.05, 4.69) is 10.2 Å². The second-order valence-corrected chi connectivity index (χ2v) is 5.29. The first-order valence-corrected chi connectivity index (χ1v) is 6.70. The SMILES string of the molecule is Cc1nnc(Sc2cc(C(=O)O)ccc2F)c(C#N)c1C. The van der Waals surface area contributed by atoms with Gasteiger partial charge in [-0.05, 0) is 37.6 Å². The highest BCUT2D eigenvalue weighted by Gasteiger charge is 2.15. The molecule has 2 rings (SSSR count). The molecule has 0 fully saturated rings. The Morgan fingerprint density at radius 2 is 2.10 bits per heavy atom. The smallest absolute Gasteiger partial charge is 0.335 e. The molecule has 0 spiro atoms. The van der Waals surface area contributed by atoms with Crippen LogP contribution in [0.25, 0.3) is 0 Å². The van der Waals surface area contributed by atoms with Crippen LogP contribution < -0.4 is 0 Å². The molecular weight excluding hydrogens is 293 g/mol. The minimum Gasteiger partial charge on any atom is -0.478 e. The van der Waals surface area contributed by atoms with Gasteiger partial charge in [0.15, 0.2) is 0 Å². The van der Waals surface area contributed by atoms with Gasteiger partial charge in [-0.3, -0.25) is 0 Å². The minimum atomic E-state index is -1.15. The zero-order valence-electron chi connectivity index (χ0n) is 11.2. The summed E-state index contributed by atoms with van der Waals surface area (Å²) >= 11 is 0.885. The summed E-state index contributed by atoms with van der Waals surface area (Å²) in [6, 6.07) is 5.48. The van der Waals surface area contributed by atoms with E-state index >= 15 is 0 Å². The van der Waals surface area contributed by atoms with Crippen LogP contribution in [-0.2, 0) is 0 Å². The van der Waals surface area contributed by atoms with Crippen LogP contribution in [0.2, 0.25) is 0 Å². The Bertz CT molecular complexity index is 772. The van der Waals surface area contributed by atoms with Crippen molar-refractivity contribution >= 4 is 17.7 Å². The van der Waals surface area contributed by atoms with Gasteiger partial charge in [-0.15, -0.1) is 5.10 Å². The number of nitrogens with zero attached hydrogens (tertiary/aromatic N) is 3. The van der Waals surface area contributed by atoms with Crippen molar-refractivity contribution in [3.8, 4) is 6.07 Å². The van der Waals surface area contributed by atoms with Crippen molar-refractivity contribution in [3.63, 3.8) is 0 Å². The summed E-state index contributed by atoms with van der Waals surface area (Å²) in [5.74, 6) is -1.72. The Morgan fingerprint density at radius 3 is 2.71 bits per heavy atom. The predicted octanol–water partition coefficient (Wildman–Crippen LogP) is 2.95. The third kappa shape index (κ3) is 3.01.